The Hall–Kier alpha value is -1.22. The fourth-order valence-corrected chi connectivity index (χ4v) is 3.76. The van der Waals surface area contributed by atoms with Crippen LogP contribution in [-0.4, -0.2) is 24.7 Å². The summed E-state index contributed by atoms with van der Waals surface area (Å²) in [6.45, 7) is 3.56. The third-order valence-corrected chi connectivity index (χ3v) is 5.60. The maximum absolute atomic E-state index is 12.2. The lowest BCUT2D eigenvalue weighted by Crippen LogP contribution is -2.22. The first-order valence-corrected chi connectivity index (χ1v) is 9.15. The fraction of sp³-hybridized carbons (Fsp3) is 0.462. The molecule has 0 atom stereocenters. The Kier molecular flexibility index (Phi) is 5.51. The zero-order chi connectivity index (χ0) is 15.3. The van der Waals surface area contributed by atoms with E-state index in [0.717, 1.165) is 17.7 Å². The van der Waals surface area contributed by atoms with E-state index in [4.69, 9.17) is 5.73 Å². The second-order valence-corrected chi connectivity index (χ2v) is 7.65. The number of rotatable bonds is 8. The van der Waals surface area contributed by atoms with E-state index in [1.807, 2.05) is 12.1 Å². The Morgan fingerprint density at radius 3 is 2.81 bits per heavy atom. The monoisotopic (exact) mass is 328 g/mol. The molecular weight excluding hydrogens is 308 g/mol. The lowest BCUT2D eigenvalue weighted by atomic mass is 10.4. The molecule has 0 unspecified atom stereocenters. The van der Waals surface area contributed by atoms with Crippen molar-refractivity contribution in [3.05, 3.63) is 34.3 Å². The van der Waals surface area contributed by atoms with Crippen molar-refractivity contribution >= 4 is 21.4 Å². The Balaban J connectivity index is 1.99. The van der Waals surface area contributed by atoms with Crippen LogP contribution in [0.4, 0.5) is 0 Å². The first-order valence-electron chi connectivity index (χ1n) is 6.85. The minimum absolute atomic E-state index is 0.187. The van der Waals surface area contributed by atoms with Crippen LogP contribution in [0, 0.1) is 0 Å². The van der Waals surface area contributed by atoms with Crippen molar-refractivity contribution in [1.82, 2.24) is 14.5 Å². The van der Waals surface area contributed by atoms with Crippen molar-refractivity contribution in [1.29, 1.82) is 0 Å². The van der Waals surface area contributed by atoms with Gasteiger partial charge in [0, 0.05) is 29.0 Å². The fourth-order valence-electron chi connectivity index (χ4n) is 1.82. The van der Waals surface area contributed by atoms with Crippen LogP contribution in [-0.2, 0) is 29.5 Å². The summed E-state index contributed by atoms with van der Waals surface area (Å²) in [5.74, 6) is 0. The highest BCUT2D eigenvalue weighted by Gasteiger charge is 2.16. The molecule has 0 aromatic carbocycles. The molecule has 0 aliphatic carbocycles. The van der Waals surface area contributed by atoms with Gasteiger partial charge in [-0.25, -0.2) is 13.1 Å². The normalized spacial score (nSPS) is 11.9. The topological polar surface area (TPSA) is 90.0 Å². The van der Waals surface area contributed by atoms with E-state index in [0.29, 0.717) is 19.6 Å². The van der Waals surface area contributed by atoms with Gasteiger partial charge >= 0.3 is 0 Å². The molecule has 2 rings (SSSR count). The summed E-state index contributed by atoms with van der Waals surface area (Å²) >= 11 is 1.62. The van der Waals surface area contributed by atoms with Gasteiger partial charge in [0.15, 0.2) is 0 Å². The average Bonchev–Trinajstić information content (AvgIpc) is 3.12. The summed E-state index contributed by atoms with van der Waals surface area (Å²) in [6, 6.07) is 3.98. The maximum atomic E-state index is 12.2. The van der Waals surface area contributed by atoms with Crippen molar-refractivity contribution in [3.8, 4) is 0 Å². The molecule has 21 heavy (non-hydrogen) atoms. The van der Waals surface area contributed by atoms with E-state index in [1.165, 1.54) is 17.3 Å². The molecule has 116 valence electrons. The lowest BCUT2D eigenvalue weighted by molar-refractivity contribution is 0.576. The second kappa shape index (κ2) is 7.17. The van der Waals surface area contributed by atoms with Crippen LogP contribution in [0.15, 0.2) is 29.4 Å². The quantitative estimate of drug-likeness (QED) is 0.765. The SMILES string of the molecule is CCc1ccc(CNS(=O)(=O)c2cnn(CCCN)c2)s1. The molecule has 0 bridgehead atoms. The Morgan fingerprint density at radius 2 is 2.14 bits per heavy atom. The molecule has 0 saturated carbocycles. The third-order valence-electron chi connectivity index (χ3n) is 3.01. The standard InChI is InChI=1S/C13H20N4O2S2/c1-2-11-4-5-12(20-11)8-16-21(18,19)13-9-15-17(10-13)7-3-6-14/h4-5,9-10,16H,2-3,6-8,14H2,1H3. The van der Waals surface area contributed by atoms with Gasteiger partial charge in [-0.15, -0.1) is 11.3 Å². The van der Waals surface area contributed by atoms with Crippen molar-refractivity contribution in [2.45, 2.75) is 37.8 Å². The van der Waals surface area contributed by atoms with Crippen LogP contribution in [0.2, 0.25) is 0 Å². The molecule has 3 N–H and O–H groups in total. The van der Waals surface area contributed by atoms with E-state index in [9.17, 15) is 8.42 Å². The molecule has 0 fully saturated rings. The van der Waals surface area contributed by atoms with Crippen LogP contribution in [0.1, 0.15) is 23.1 Å². The number of sulfonamides is 1. The lowest BCUT2D eigenvalue weighted by Gasteiger charge is -2.03. The van der Waals surface area contributed by atoms with Crippen molar-refractivity contribution < 1.29 is 8.42 Å². The molecule has 2 heterocycles. The molecule has 6 nitrogen and oxygen atoms in total. The van der Waals surface area contributed by atoms with Crippen LogP contribution in [0.25, 0.3) is 0 Å². The molecule has 0 saturated heterocycles. The highest BCUT2D eigenvalue weighted by atomic mass is 32.2. The van der Waals surface area contributed by atoms with E-state index < -0.39 is 10.0 Å². The van der Waals surface area contributed by atoms with E-state index in [2.05, 4.69) is 16.7 Å². The van der Waals surface area contributed by atoms with Crippen molar-refractivity contribution in [2.24, 2.45) is 5.73 Å². The maximum Gasteiger partial charge on any atom is 0.244 e. The molecule has 0 spiro atoms. The van der Waals surface area contributed by atoms with Crippen LogP contribution in [0.5, 0.6) is 0 Å². The summed E-state index contributed by atoms with van der Waals surface area (Å²) in [4.78, 5) is 2.44. The van der Waals surface area contributed by atoms with E-state index in [-0.39, 0.29) is 4.90 Å². The number of aryl methyl sites for hydroxylation is 2. The molecule has 0 aliphatic rings. The minimum atomic E-state index is -3.52. The Morgan fingerprint density at radius 1 is 1.38 bits per heavy atom. The number of nitrogens with one attached hydrogen (secondary N) is 1. The first kappa shape index (κ1) is 16.2. The summed E-state index contributed by atoms with van der Waals surface area (Å²) in [5, 5.41) is 4.04. The first-order chi connectivity index (χ1) is 10.0. The average molecular weight is 328 g/mol. The molecule has 8 heteroatoms. The number of hydrogen-bond acceptors (Lipinski definition) is 5. The van der Waals surface area contributed by atoms with Gasteiger partial charge in [0.1, 0.15) is 4.90 Å². The zero-order valence-corrected chi connectivity index (χ0v) is 13.6. The van der Waals surface area contributed by atoms with Crippen LogP contribution < -0.4 is 10.5 Å². The molecule has 0 radical (unpaired) electrons. The highest BCUT2D eigenvalue weighted by Crippen LogP contribution is 2.17. The van der Waals surface area contributed by atoms with E-state index >= 15 is 0 Å². The van der Waals surface area contributed by atoms with Gasteiger partial charge in [-0.3, -0.25) is 4.68 Å². The van der Waals surface area contributed by atoms with Crippen molar-refractivity contribution in [2.75, 3.05) is 6.54 Å². The highest BCUT2D eigenvalue weighted by molar-refractivity contribution is 7.89. The second-order valence-electron chi connectivity index (χ2n) is 4.63. The number of hydrogen-bond donors (Lipinski definition) is 2. The van der Waals surface area contributed by atoms with E-state index in [1.54, 1.807) is 16.0 Å². The minimum Gasteiger partial charge on any atom is -0.330 e. The largest absolute Gasteiger partial charge is 0.330 e. The summed E-state index contributed by atoms with van der Waals surface area (Å²) in [6.07, 6.45) is 4.63. The molecule has 2 aromatic rings. The number of nitrogens with two attached hydrogens (primary N) is 1. The van der Waals surface area contributed by atoms with Gasteiger partial charge in [0.2, 0.25) is 10.0 Å². The number of thiophene rings is 1. The van der Waals surface area contributed by atoms with Gasteiger partial charge < -0.3 is 5.73 Å². The number of aromatic nitrogens is 2. The van der Waals surface area contributed by atoms with Crippen LogP contribution in [0.3, 0.4) is 0 Å². The number of nitrogens with zero attached hydrogens (tertiary/aromatic N) is 2. The van der Waals surface area contributed by atoms with Gasteiger partial charge in [-0.1, -0.05) is 6.92 Å². The molecule has 2 aromatic heterocycles. The van der Waals surface area contributed by atoms with Gasteiger partial charge in [-0.2, -0.15) is 5.10 Å². The molecule has 0 amide bonds. The summed E-state index contributed by atoms with van der Waals surface area (Å²) < 4.78 is 28.6. The smallest absolute Gasteiger partial charge is 0.244 e. The van der Waals surface area contributed by atoms with Crippen LogP contribution >= 0.6 is 11.3 Å². The van der Waals surface area contributed by atoms with Gasteiger partial charge in [0.05, 0.1) is 6.20 Å². The Labute approximate surface area is 129 Å². The third kappa shape index (κ3) is 4.37. The summed E-state index contributed by atoms with van der Waals surface area (Å²) in [5.41, 5.74) is 5.42. The zero-order valence-electron chi connectivity index (χ0n) is 11.9. The predicted molar refractivity (Wildman–Crippen MR) is 83.6 cm³/mol. The Bertz CT molecular complexity index is 676. The van der Waals surface area contributed by atoms with Gasteiger partial charge in [0.25, 0.3) is 0 Å². The van der Waals surface area contributed by atoms with Crippen molar-refractivity contribution in [3.63, 3.8) is 0 Å². The summed E-state index contributed by atoms with van der Waals surface area (Å²) in [7, 11) is -3.52. The van der Waals surface area contributed by atoms with Gasteiger partial charge in [-0.05, 0) is 31.5 Å². The molecular formula is C13H20N4O2S2. The molecule has 0 aliphatic heterocycles. The predicted octanol–water partition coefficient (Wildman–Crippen LogP) is 1.33.